The van der Waals surface area contributed by atoms with Gasteiger partial charge in [0.15, 0.2) is 14.1 Å². The van der Waals surface area contributed by atoms with Crippen LogP contribution in [0.2, 0.25) is 18.1 Å². The van der Waals surface area contributed by atoms with Crippen molar-refractivity contribution in [3.63, 3.8) is 0 Å². The van der Waals surface area contributed by atoms with Crippen LogP contribution in [0, 0.1) is 0 Å². The maximum Gasteiger partial charge on any atom is 0.290 e. The Labute approximate surface area is 237 Å². The minimum Gasteiger partial charge on any atom is -0.414 e. The van der Waals surface area contributed by atoms with Gasteiger partial charge in [0, 0.05) is 36.8 Å². The zero-order chi connectivity index (χ0) is 28.2. The molecule has 1 aliphatic carbocycles. The van der Waals surface area contributed by atoms with Crippen molar-refractivity contribution in [2.24, 2.45) is 7.05 Å². The van der Waals surface area contributed by atoms with Gasteiger partial charge in [-0.1, -0.05) is 41.5 Å². The van der Waals surface area contributed by atoms with Crippen LogP contribution in [0.15, 0.2) is 16.6 Å². The van der Waals surface area contributed by atoms with Crippen LogP contribution < -0.4 is 0 Å². The molecule has 0 atom stereocenters. The van der Waals surface area contributed by atoms with Gasteiger partial charge in [-0.3, -0.25) is 9.59 Å². The first kappa shape index (κ1) is 29.3. The topological polar surface area (TPSA) is 67.7 Å². The van der Waals surface area contributed by atoms with E-state index in [-0.39, 0.29) is 34.9 Å². The van der Waals surface area contributed by atoms with Gasteiger partial charge >= 0.3 is 0 Å². The average molecular weight is 606 g/mol. The summed E-state index contributed by atoms with van der Waals surface area (Å²) in [5, 5.41) is 0.201. The molecule has 0 radical (unpaired) electrons. The average Bonchev–Trinajstić information content (AvgIpc) is 3.15. The molecular formula is C29H45BrN4O3Si. The zero-order valence-corrected chi connectivity index (χ0v) is 27.2. The molecule has 1 aromatic carbocycles. The fourth-order valence-electron chi connectivity index (χ4n) is 5.33. The lowest BCUT2D eigenvalue weighted by Crippen LogP contribution is -2.56. The van der Waals surface area contributed by atoms with E-state index < -0.39 is 8.32 Å². The van der Waals surface area contributed by atoms with Gasteiger partial charge in [-0.2, -0.15) is 0 Å². The highest BCUT2D eigenvalue weighted by Crippen LogP contribution is 2.39. The predicted octanol–water partition coefficient (Wildman–Crippen LogP) is 6.25. The number of fused-ring (bicyclic) bond motifs is 1. The van der Waals surface area contributed by atoms with Gasteiger partial charge in [-0.25, -0.2) is 4.98 Å². The molecule has 2 heterocycles. The molecule has 9 heteroatoms. The van der Waals surface area contributed by atoms with Crippen LogP contribution in [0.4, 0.5) is 0 Å². The van der Waals surface area contributed by atoms with E-state index in [0.29, 0.717) is 25.0 Å². The first-order chi connectivity index (χ1) is 17.5. The Bertz CT molecular complexity index is 1220. The highest BCUT2D eigenvalue weighted by Gasteiger charge is 2.41. The lowest BCUT2D eigenvalue weighted by Gasteiger charge is -2.44. The lowest BCUT2D eigenvalue weighted by molar-refractivity contribution is -0.138. The standard InChI is InChI=1S/C29H45BrN4O3Si/c1-28(2,3)19-16-22(30)25-23(17-19)32(7)26(31-25)27(36)33-14-15-34(24(35)18-33)20-10-12-21(13-11-20)37-38(8,9)29(4,5)6/h16-17,20-21H,10-15,18H2,1-9H3. The molecule has 1 aromatic heterocycles. The van der Waals surface area contributed by atoms with Crippen LogP contribution in [0.25, 0.3) is 11.0 Å². The van der Waals surface area contributed by atoms with Gasteiger partial charge in [0.1, 0.15) is 12.1 Å². The molecule has 7 nitrogen and oxygen atoms in total. The van der Waals surface area contributed by atoms with E-state index in [1.807, 2.05) is 16.5 Å². The largest absolute Gasteiger partial charge is 0.414 e. The van der Waals surface area contributed by atoms with E-state index in [1.165, 1.54) is 5.56 Å². The fourth-order valence-corrected chi connectivity index (χ4v) is 7.29. The third kappa shape index (κ3) is 5.75. The molecule has 0 unspecified atom stereocenters. The Morgan fingerprint density at radius 1 is 1.05 bits per heavy atom. The van der Waals surface area contributed by atoms with E-state index in [2.05, 4.69) is 87.7 Å². The molecule has 38 heavy (non-hydrogen) atoms. The molecule has 2 aliphatic rings. The van der Waals surface area contributed by atoms with Crippen LogP contribution in [0.5, 0.6) is 0 Å². The van der Waals surface area contributed by atoms with Crippen molar-refractivity contribution < 1.29 is 14.0 Å². The summed E-state index contributed by atoms with van der Waals surface area (Å²) in [7, 11) is 0.0883. The van der Waals surface area contributed by atoms with Crippen LogP contribution >= 0.6 is 15.9 Å². The van der Waals surface area contributed by atoms with Crippen molar-refractivity contribution in [3.8, 4) is 0 Å². The molecule has 210 valence electrons. The highest BCUT2D eigenvalue weighted by molar-refractivity contribution is 9.10. The van der Waals surface area contributed by atoms with Gasteiger partial charge < -0.3 is 18.8 Å². The van der Waals surface area contributed by atoms with Crippen LogP contribution in [0.1, 0.15) is 83.4 Å². The lowest BCUT2D eigenvalue weighted by atomic mass is 9.87. The molecule has 1 saturated heterocycles. The van der Waals surface area contributed by atoms with E-state index >= 15 is 0 Å². The summed E-state index contributed by atoms with van der Waals surface area (Å²) in [5.41, 5.74) is 2.83. The summed E-state index contributed by atoms with van der Waals surface area (Å²) < 4.78 is 9.38. The molecule has 1 saturated carbocycles. The minimum atomic E-state index is -1.79. The van der Waals surface area contributed by atoms with Gasteiger partial charge in [-0.05, 0) is 82.9 Å². The summed E-state index contributed by atoms with van der Waals surface area (Å²) in [5.74, 6) is 0.219. The molecule has 0 N–H and O–H groups in total. The van der Waals surface area contributed by atoms with Crippen molar-refractivity contribution in [2.75, 3.05) is 19.6 Å². The number of halogens is 1. The van der Waals surface area contributed by atoms with Gasteiger partial charge in [0.2, 0.25) is 5.91 Å². The summed E-state index contributed by atoms with van der Waals surface area (Å²) >= 11 is 3.66. The Morgan fingerprint density at radius 3 is 2.24 bits per heavy atom. The van der Waals surface area contributed by atoms with Crippen molar-refractivity contribution in [3.05, 3.63) is 28.0 Å². The third-order valence-corrected chi connectivity index (χ3v) is 14.0. The second-order valence-corrected chi connectivity index (χ2v) is 19.3. The Kier molecular flexibility index (Phi) is 7.98. The Hall–Kier alpha value is -1.71. The molecule has 1 aliphatic heterocycles. The smallest absolute Gasteiger partial charge is 0.290 e. The Morgan fingerprint density at radius 2 is 1.68 bits per heavy atom. The number of hydrogen-bond donors (Lipinski definition) is 0. The quantitative estimate of drug-likeness (QED) is 0.387. The van der Waals surface area contributed by atoms with Gasteiger partial charge in [-0.15, -0.1) is 0 Å². The molecule has 0 bridgehead atoms. The normalized spacial score (nSPS) is 21.9. The minimum absolute atomic E-state index is 0.0239. The Balaban J connectivity index is 1.40. The van der Waals surface area contributed by atoms with Crippen LogP contribution in [-0.2, 0) is 21.7 Å². The first-order valence-electron chi connectivity index (χ1n) is 13.9. The molecular weight excluding hydrogens is 560 g/mol. The van der Waals surface area contributed by atoms with Gasteiger partial charge in [0.05, 0.1) is 5.52 Å². The number of benzene rings is 1. The number of aryl methyl sites for hydroxylation is 1. The fraction of sp³-hybridized carbons (Fsp3) is 0.690. The van der Waals surface area contributed by atoms with Gasteiger partial charge in [0.25, 0.3) is 5.91 Å². The summed E-state index contributed by atoms with van der Waals surface area (Å²) in [6.45, 7) is 19.2. The maximum absolute atomic E-state index is 13.5. The number of aromatic nitrogens is 2. The van der Waals surface area contributed by atoms with Crippen molar-refractivity contribution in [2.45, 2.75) is 103 Å². The molecule has 2 fully saturated rings. The number of hydrogen-bond acceptors (Lipinski definition) is 4. The zero-order valence-electron chi connectivity index (χ0n) is 24.7. The highest BCUT2D eigenvalue weighted by atomic mass is 79.9. The summed E-state index contributed by atoms with van der Waals surface area (Å²) in [6.07, 6.45) is 4.21. The number of carbonyl (C=O) groups is 2. The van der Waals surface area contributed by atoms with Crippen LogP contribution in [0.3, 0.4) is 0 Å². The third-order valence-electron chi connectivity index (χ3n) is 8.89. The van der Waals surface area contributed by atoms with Crippen molar-refractivity contribution in [1.82, 2.24) is 19.4 Å². The second-order valence-electron chi connectivity index (χ2n) is 13.7. The monoisotopic (exact) mass is 604 g/mol. The SMILES string of the molecule is Cn1c(C(=O)N2CCN(C3CCC(O[Si](C)(C)C(C)(C)C)CC3)C(=O)C2)nc2c(Br)cc(C(C)(C)C)cc21. The number of nitrogens with zero attached hydrogens (tertiary/aromatic N) is 4. The molecule has 2 amide bonds. The maximum atomic E-state index is 13.5. The molecule has 4 rings (SSSR count). The summed E-state index contributed by atoms with van der Waals surface area (Å²) in [6, 6.07) is 4.43. The molecule has 0 spiro atoms. The number of amides is 2. The summed E-state index contributed by atoms with van der Waals surface area (Å²) in [4.78, 5) is 35.1. The van der Waals surface area contributed by atoms with Crippen molar-refractivity contribution in [1.29, 1.82) is 0 Å². The number of carbonyl (C=O) groups excluding carboxylic acids is 2. The first-order valence-corrected chi connectivity index (χ1v) is 17.6. The molecule has 2 aromatic rings. The van der Waals surface area contributed by atoms with E-state index in [9.17, 15) is 9.59 Å². The van der Waals surface area contributed by atoms with E-state index in [1.54, 1.807) is 4.90 Å². The number of rotatable bonds is 4. The number of piperazine rings is 1. The second kappa shape index (κ2) is 10.4. The van der Waals surface area contributed by atoms with Crippen LogP contribution in [-0.4, -0.2) is 71.3 Å². The van der Waals surface area contributed by atoms with E-state index in [0.717, 1.165) is 41.2 Å². The number of imidazole rings is 1. The predicted molar refractivity (Wildman–Crippen MR) is 159 cm³/mol. The van der Waals surface area contributed by atoms with E-state index in [4.69, 9.17) is 4.43 Å². The van der Waals surface area contributed by atoms with Crippen molar-refractivity contribution >= 4 is 47.1 Å².